The van der Waals surface area contributed by atoms with Gasteiger partial charge in [0.25, 0.3) is 0 Å². The molecule has 0 heterocycles. The van der Waals surface area contributed by atoms with Crippen LogP contribution in [0.4, 0.5) is 5.69 Å². The summed E-state index contributed by atoms with van der Waals surface area (Å²) in [5.41, 5.74) is 6.39. The van der Waals surface area contributed by atoms with E-state index in [1.165, 1.54) is 6.07 Å². The molecule has 0 fully saturated rings. The lowest BCUT2D eigenvalue weighted by Gasteiger charge is -2.09. The van der Waals surface area contributed by atoms with Crippen molar-refractivity contribution in [1.29, 1.82) is 0 Å². The number of unbranched alkanes of at least 4 members (excludes halogenated alkanes) is 3. The Bertz CT molecular complexity index is 591. The number of rotatable bonds is 8. The lowest BCUT2D eigenvalue weighted by Crippen LogP contribution is -2.15. The van der Waals surface area contributed by atoms with Gasteiger partial charge in [-0.3, -0.25) is 4.79 Å². The fraction of sp³-hybridized carbons (Fsp3) is 0.500. The molecule has 0 spiro atoms. The van der Waals surface area contributed by atoms with Gasteiger partial charge < -0.3 is 11.1 Å². The van der Waals surface area contributed by atoms with Crippen LogP contribution in [-0.4, -0.2) is 20.9 Å². The maximum absolute atomic E-state index is 11.8. The quantitative estimate of drug-likeness (QED) is 0.621. The van der Waals surface area contributed by atoms with Crippen LogP contribution < -0.4 is 16.2 Å². The van der Waals surface area contributed by atoms with Crippen LogP contribution in [0.5, 0.6) is 0 Å². The molecule has 1 aromatic rings. The predicted molar refractivity (Wildman–Crippen MR) is 90.6 cm³/mol. The molecule has 0 bridgehead atoms. The molecule has 0 radical (unpaired) electrons. The van der Waals surface area contributed by atoms with E-state index in [1.54, 1.807) is 19.1 Å². The molecular weight excluding hydrogens is 326 g/mol. The van der Waals surface area contributed by atoms with Gasteiger partial charge in [-0.1, -0.05) is 18.9 Å². The van der Waals surface area contributed by atoms with Crippen LogP contribution in [0.1, 0.15) is 37.7 Å². The second-order valence-electron chi connectivity index (χ2n) is 5.03. The van der Waals surface area contributed by atoms with Crippen molar-refractivity contribution in [3.05, 3.63) is 23.8 Å². The highest BCUT2D eigenvalue weighted by molar-refractivity contribution is 7.89. The number of nitrogens with two attached hydrogens (primary N) is 2. The van der Waals surface area contributed by atoms with Gasteiger partial charge in [0.1, 0.15) is 0 Å². The van der Waals surface area contributed by atoms with E-state index < -0.39 is 10.0 Å². The molecule has 1 amide bonds. The van der Waals surface area contributed by atoms with Gasteiger partial charge in [-0.2, -0.15) is 0 Å². The van der Waals surface area contributed by atoms with Gasteiger partial charge in [0, 0.05) is 12.1 Å². The Labute approximate surface area is 138 Å². The van der Waals surface area contributed by atoms with Crippen molar-refractivity contribution < 1.29 is 13.2 Å². The summed E-state index contributed by atoms with van der Waals surface area (Å²) in [6, 6.07) is 4.67. The van der Waals surface area contributed by atoms with Crippen LogP contribution in [0.2, 0.25) is 0 Å². The van der Waals surface area contributed by atoms with Crippen LogP contribution in [-0.2, 0) is 14.8 Å². The predicted octanol–water partition coefficient (Wildman–Crippen LogP) is 1.91. The molecule has 0 unspecified atom stereocenters. The molecule has 0 aliphatic heterocycles. The second kappa shape index (κ2) is 9.78. The number of aryl methyl sites for hydroxylation is 1. The summed E-state index contributed by atoms with van der Waals surface area (Å²) in [5.74, 6) is -0.132. The third kappa shape index (κ3) is 7.22. The zero-order chi connectivity index (χ0) is 15.9. The van der Waals surface area contributed by atoms with E-state index in [9.17, 15) is 13.2 Å². The highest BCUT2D eigenvalue weighted by atomic mass is 35.5. The average molecular weight is 350 g/mol. The molecular formula is C14H24ClN3O3S. The Morgan fingerprint density at radius 2 is 1.82 bits per heavy atom. The summed E-state index contributed by atoms with van der Waals surface area (Å²) in [6.45, 7) is 2.33. The Morgan fingerprint density at radius 3 is 2.41 bits per heavy atom. The van der Waals surface area contributed by atoms with Crippen molar-refractivity contribution in [2.45, 2.75) is 43.9 Å². The van der Waals surface area contributed by atoms with Crippen molar-refractivity contribution in [2.75, 3.05) is 11.9 Å². The minimum atomic E-state index is -3.78. The van der Waals surface area contributed by atoms with Gasteiger partial charge in [-0.15, -0.1) is 12.4 Å². The highest BCUT2D eigenvalue weighted by Crippen LogP contribution is 2.19. The van der Waals surface area contributed by atoms with Gasteiger partial charge in [-0.05, 0) is 44.0 Å². The minimum Gasteiger partial charge on any atom is -0.330 e. The van der Waals surface area contributed by atoms with Gasteiger partial charge in [0.05, 0.1) is 4.90 Å². The Kier molecular flexibility index (Phi) is 9.27. The van der Waals surface area contributed by atoms with E-state index >= 15 is 0 Å². The normalized spacial score (nSPS) is 10.9. The van der Waals surface area contributed by atoms with Gasteiger partial charge in [0.2, 0.25) is 15.9 Å². The maximum atomic E-state index is 11.8. The second-order valence-corrected chi connectivity index (χ2v) is 6.56. The summed E-state index contributed by atoms with van der Waals surface area (Å²) >= 11 is 0. The van der Waals surface area contributed by atoms with Gasteiger partial charge in [0.15, 0.2) is 0 Å². The number of carbonyl (C=O) groups excluding carboxylic acids is 1. The average Bonchev–Trinajstić information content (AvgIpc) is 2.39. The number of hydrogen-bond donors (Lipinski definition) is 3. The minimum absolute atomic E-state index is 0. The van der Waals surface area contributed by atoms with Crippen molar-refractivity contribution in [3.8, 4) is 0 Å². The Hall–Kier alpha value is -1.15. The standard InChI is InChI=1S/C14H23N3O3S.ClH/c1-11-7-8-12(10-13(11)21(16,19)20)17-14(18)6-4-2-3-5-9-15;/h7-8,10H,2-6,9,15H2,1H3,(H,17,18)(H2,16,19,20);1H. The largest absolute Gasteiger partial charge is 0.330 e. The lowest BCUT2D eigenvalue weighted by atomic mass is 10.1. The molecule has 1 aromatic carbocycles. The van der Waals surface area contributed by atoms with E-state index in [0.29, 0.717) is 24.2 Å². The molecule has 0 saturated heterocycles. The summed E-state index contributed by atoms with van der Waals surface area (Å²) in [5, 5.41) is 7.82. The molecule has 126 valence electrons. The Balaban J connectivity index is 0.00000441. The summed E-state index contributed by atoms with van der Waals surface area (Å²) in [6.07, 6.45) is 4.14. The van der Waals surface area contributed by atoms with E-state index in [1.807, 2.05) is 0 Å². The molecule has 22 heavy (non-hydrogen) atoms. The molecule has 6 nitrogen and oxygen atoms in total. The monoisotopic (exact) mass is 349 g/mol. The number of anilines is 1. The first-order chi connectivity index (χ1) is 9.84. The molecule has 1 rings (SSSR count). The number of sulfonamides is 1. The van der Waals surface area contributed by atoms with Crippen LogP contribution in [0.15, 0.2) is 23.1 Å². The lowest BCUT2D eigenvalue weighted by molar-refractivity contribution is -0.116. The maximum Gasteiger partial charge on any atom is 0.238 e. The number of primary sulfonamides is 1. The molecule has 0 aliphatic rings. The first-order valence-electron chi connectivity index (χ1n) is 6.98. The topological polar surface area (TPSA) is 115 Å². The van der Waals surface area contributed by atoms with Crippen molar-refractivity contribution >= 4 is 34.0 Å². The molecule has 0 aliphatic carbocycles. The van der Waals surface area contributed by atoms with E-state index in [4.69, 9.17) is 10.9 Å². The number of amides is 1. The molecule has 0 saturated carbocycles. The number of halogens is 1. The first kappa shape index (κ1) is 20.9. The van der Waals surface area contributed by atoms with Crippen LogP contribution in [0.25, 0.3) is 0 Å². The fourth-order valence-electron chi connectivity index (χ4n) is 1.99. The summed E-state index contributed by atoms with van der Waals surface area (Å²) < 4.78 is 22.8. The number of carbonyl (C=O) groups is 1. The van der Waals surface area contributed by atoms with Gasteiger partial charge in [-0.25, -0.2) is 13.6 Å². The zero-order valence-electron chi connectivity index (χ0n) is 12.7. The molecule has 0 aromatic heterocycles. The summed E-state index contributed by atoms with van der Waals surface area (Å²) in [7, 11) is -3.78. The van der Waals surface area contributed by atoms with Crippen molar-refractivity contribution in [1.82, 2.24) is 0 Å². The summed E-state index contributed by atoms with van der Waals surface area (Å²) in [4.78, 5) is 11.8. The molecule has 8 heteroatoms. The smallest absolute Gasteiger partial charge is 0.238 e. The van der Waals surface area contributed by atoms with Crippen molar-refractivity contribution in [2.24, 2.45) is 10.9 Å². The van der Waals surface area contributed by atoms with E-state index in [2.05, 4.69) is 5.32 Å². The molecule has 0 atom stereocenters. The number of hydrogen-bond acceptors (Lipinski definition) is 4. The molecule has 5 N–H and O–H groups in total. The third-order valence-electron chi connectivity index (χ3n) is 3.14. The zero-order valence-corrected chi connectivity index (χ0v) is 14.3. The fourth-order valence-corrected chi connectivity index (χ4v) is 2.80. The highest BCUT2D eigenvalue weighted by Gasteiger charge is 2.13. The van der Waals surface area contributed by atoms with Crippen LogP contribution >= 0.6 is 12.4 Å². The van der Waals surface area contributed by atoms with E-state index in [-0.39, 0.29) is 23.2 Å². The van der Waals surface area contributed by atoms with Crippen LogP contribution in [0.3, 0.4) is 0 Å². The Morgan fingerprint density at radius 1 is 1.18 bits per heavy atom. The van der Waals surface area contributed by atoms with Crippen LogP contribution in [0, 0.1) is 6.92 Å². The number of benzene rings is 1. The van der Waals surface area contributed by atoms with E-state index in [0.717, 1.165) is 25.7 Å². The third-order valence-corrected chi connectivity index (χ3v) is 4.19. The SMILES string of the molecule is Cc1ccc(NC(=O)CCCCCCN)cc1S(N)(=O)=O.Cl. The number of nitrogens with one attached hydrogen (secondary N) is 1. The first-order valence-corrected chi connectivity index (χ1v) is 8.52. The van der Waals surface area contributed by atoms with Gasteiger partial charge >= 0.3 is 0 Å². The van der Waals surface area contributed by atoms with Crippen molar-refractivity contribution in [3.63, 3.8) is 0 Å².